The van der Waals surface area contributed by atoms with Crippen LogP contribution < -0.4 is 0 Å². The Labute approximate surface area is 137 Å². The number of carbonyl (C=O) groups excluding carboxylic acids is 1. The van der Waals surface area contributed by atoms with Gasteiger partial charge in [0, 0.05) is 6.42 Å². The molecule has 0 radical (unpaired) electrons. The summed E-state index contributed by atoms with van der Waals surface area (Å²) in [6.07, 6.45) is -7.39. The molecule has 1 aromatic carbocycles. The van der Waals surface area contributed by atoms with Crippen LogP contribution in [-0.2, 0) is 20.7 Å². The zero-order valence-electron chi connectivity index (χ0n) is 12.6. The van der Waals surface area contributed by atoms with Crippen molar-refractivity contribution in [2.45, 2.75) is 43.5 Å². The van der Waals surface area contributed by atoms with Gasteiger partial charge in [0.05, 0.1) is 0 Å². The molecule has 134 valence electrons. The molecular formula is C15H20O9. The Morgan fingerprint density at radius 1 is 1.04 bits per heavy atom. The van der Waals surface area contributed by atoms with Crippen molar-refractivity contribution in [2.75, 3.05) is 6.61 Å². The van der Waals surface area contributed by atoms with E-state index in [0.717, 1.165) is 0 Å². The first kappa shape index (κ1) is 18.4. The molecule has 1 aliphatic rings. The maximum Gasteiger partial charge on any atom is 0.306 e. The maximum absolute atomic E-state index is 11.7. The van der Waals surface area contributed by atoms with E-state index in [2.05, 4.69) is 0 Å². The zero-order chi connectivity index (χ0) is 17.9. The molecule has 0 spiro atoms. The molecule has 0 unspecified atom stereocenters. The molecule has 0 bridgehead atoms. The van der Waals surface area contributed by atoms with Gasteiger partial charge in [-0.15, -0.1) is 0 Å². The second-order valence-corrected chi connectivity index (χ2v) is 5.54. The normalized spacial score (nSPS) is 30.1. The van der Waals surface area contributed by atoms with Gasteiger partial charge in [-0.2, -0.15) is 0 Å². The number of aryl methyl sites for hydroxylation is 1. The molecule has 1 fully saturated rings. The van der Waals surface area contributed by atoms with Crippen LogP contribution in [0.1, 0.15) is 12.0 Å². The number of hydrogen-bond donors (Lipinski definition) is 6. The smallest absolute Gasteiger partial charge is 0.306 e. The molecule has 1 saturated heterocycles. The van der Waals surface area contributed by atoms with E-state index in [1.54, 1.807) is 6.07 Å². The van der Waals surface area contributed by atoms with Crippen LogP contribution in [0.2, 0.25) is 0 Å². The Kier molecular flexibility index (Phi) is 5.97. The highest BCUT2D eigenvalue weighted by molar-refractivity contribution is 5.69. The van der Waals surface area contributed by atoms with Gasteiger partial charge in [-0.1, -0.05) is 6.07 Å². The number of rotatable bonds is 5. The fourth-order valence-electron chi connectivity index (χ4n) is 2.29. The summed E-state index contributed by atoms with van der Waals surface area (Å²) in [5.74, 6) is -1.17. The van der Waals surface area contributed by atoms with Crippen molar-refractivity contribution in [3.05, 3.63) is 23.8 Å². The van der Waals surface area contributed by atoms with E-state index in [1.807, 2.05) is 0 Å². The minimum atomic E-state index is -1.69. The summed E-state index contributed by atoms with van der Waals surface area (Å²) in [5, 5.41) is 56.5. The average Bonchev–Trinajstić information content (AvgIpc) is 2.56. The number of hydrogen-bond acceptors (Lipinski definition) is 9. The summed E-state index contributed by atoms with van der Waals surface area (Å²) >= 11 is 0. The number of aromatic hydroxyl groups is 2. The molecule has 0 aromatic heterocycles. The Balaban J connectivity index is 1.79. The van der Waals surface area contributed by atoms with Crippen LogP contribution >= 0.6 is 0 Å². The third-order valence-corrected chi connectivity index (χ3v) is 3.75. The van der Waals surface area contributed by atoms with Gasteiger partial charge in [0.15, 0.2) is 17.8 Å². The van der Waals surface area contributed by atoms with E-state index < -0.39 is 43.3 Å². The van der Waals surface area contributed by atoms with Gasteiger partial charge in [-0.3, -0.25) is 4.79 Å². The molecule has 24 heavy (non-hydrogen) atoms. The molecule has 9 nitrogen and oxygen atoms in total. The summed E-state index contributed by atoms with van der Waals surface area (Å²) in [7, 11) is 0. The van der Waals surface area contributed by atoms with Crippen molar-refractivity contribution in [2.24, 2.45) is 0 Å². The van der Waals surface area contributed by atoms with Gasteiger partial charge in [0.1, 0.15) is 31.0 Å². The monoisotopic (exact) mass is 344 g/mol. The van der Waals surface area contributed by atoms with Gasteiger partial charge >= 0.3 is 5.97 Å². The second-order valence-electron chi connectivity index (χ2n) is 5.54. The highest BCUT2D eigenvalue weighted by Crippen LogP contribution is 2.25. The standard InChI is InChI=1S/C15H20O9/c16-8-3-1-7(5-9(8)17)2-4-11(18)23-6-10-12(19)13(20)14(21)15(22)24-10/h1,3,5,10,12-17,19-22H,2,4,6H2/t10-,12-,13+,14-,15+/m1/s1. The van der Waals surface area contributed by atoms with Crippen LogP contribution in [0.5, 0.6) is 11.5 Å². The minimum Gasteiger partial charge on any atom is -0.504 e. The molecule has 0 aliphatic carbocycles. The quantitative estimate of drug-likeness (QED) is 0.273. The Morgan fingerprint density at radius 2 is 1.75 bits per heavy atom. The molecule has 0 amide bonds. The summed E-state index contributed by atoms with van der Waals surface area (Å²) in [4.78, 5) is 11.7. The summed E-state index contributed by atoms with van der Waals surface area (Å²) in [6, 6.07) is 4.17. The highest BCUT2D eigenvalue weighted by Gasteiger charge is 2.43. The molecule has 9 heteroatoms. The predicted octanol–water partition coefficient (Wildman–Crippen LogP) is -1.63. The number of carbonyl (C=O) groups is 1. The van der Waals surface area contributed by atoms with E-state index in [9.17, 15) is 35.4 Å². The number of aliphatic hydroxyl groups is 4. The molecule has 1 heterocycles. The first-order chi connectivity index (χ1) is 11.3. The molecular weight excluding hydrogens is 324 g/mol. The summed E-state index contributed by atoms with van der Waals surface area (Å²) in [6.45, 7) is -0.401. The third kappa shape index (κ3) is 4.34. The van der Waals surface area contributed by atoms with Gasteiger partial charge < -0.3 is 40.1 Å². The van der Waals surface area contributed by atoms with Gasteiger partial charge in [-0.05, 0) is 24.1 Å². The first-order valence-electron chi connectivity index (χ1n) is 7.34. The maximum atomic E-state index is 11.7. The van der Waals surface area contributed by atoms with Crippen LogP contribution in [0, 0.1) is 0 Å². The van der Waals surface area contributed by atoms with Gasteiger partial charge in [0.25, 0.3) is 0 Å². The van der Waals surface area contributed by atoms with E-state index in [0.29, 0.717) is 5.56 Å². The van der Waals surface area contributed by atoms with E-state index in [4.69, 9.17) is 9.47 Å². The fourth-order valence-corrected chi connectivity index (χ4v) is 2.29. The molecule has 2 rings (SSSR count). The number of ether oxygens (including phenoxy) is 2. The Hall–Kier alpha value is -1.91. The van der Waals surface area contributed by atoms with Crippen molar-refractivity contribution in [1.82, 2.24) is 0 Å². The fraction of sp³-hybridized carbons (Fsp3) is 0.533. The van der Waals surface area contributed by atoms with Gasteiger partial charge in [-0.25, -0.2) is 0 Å². The summed E-state index contributed by atoms with van der Waals surface area (Å²) in [5.41, 5.74) is 0.616. The lowest BCUT2D eigenvalue weighted by Crippen LogP contribution is -2.58. The van der Waals surface area contributed by atoms with Crippen molar-refractivity contribution >= 4 is 5.97 Å². The van der Waals surface area contributed by atoms with Crippen LogP contribution in [0.15, 0.2) is 18.2 Å². The first-order valence-corrected chi connectivity index (χ1v) is 7.34. The highest BCUT2D eigenvalue weighted by atomic mass is 16.6. The largest absolute Gasteiger partial charge is 0.504 e. The number of benzene rings is 1. The molecule has 1 aliphatic heterocycles. The van der Waals surface area contributed by atoms with Crippen molar-refractivity contribution in [3.8, 4) is 11.5 Å². The molecule has 5 atom stereocenters. The number of esters is 1. The molecule has 6 N–H and O–H groups in total. The second kappa shape index (κ2) is 7.77. The summed E-state index contributed by atoms with van der Waals surface area (Å²) < 4.78 is 9.80. The van der Waals surface area contributed by atoms with Crippen LogP contribution in [0.3, 0.4) is 0 Å². The number of aliphatic hydroxyl groups excluding tert-OH is 4. The van der Waals surface area contributed by atoms with Crippen molar-refractivity contribution in [1.29, 1.82) is 0 Å². The van der Waals surface area contributed by atoms with Crippen LogP contribution in [0.25, 0.3) is 0 Å². The van der Waals surface area contributed by atoms with Crippen molar-refractivity contribution in [3.63, 3.8) is 0 Å². The zero-order valence-corrected chi connectivity index (χ0v) is 12.6. The van der Waals surface area contributed by atoms with Crippen LogP contribution in [-0.4, -0.2) is 73.9 Å². The lowest BCUT2D eigenvalue weighted by molar-refractivity contribution is -0.287. The van der Waals surface area contributed by atoms with E-state index >= 15 is 0 Å². The topological polar surface area (TPSA) is 157 Å². The van der Waals surface area contributed by atoms with E-state index in [-0.39, 0.29) is 24.3 Å². The SMILES string of the molecule is O=C(CCc1ccc(O)c(O)c1)OC[C@H]1O[C@H](O)[C@H](O)[C@@H](O)[C@@H]1O. The van der Waals surface area contributed by atoms with Crippen molar-refractivity contribution < 1.29 is 44.9 Å². The lowest BCUT2D eigenvalue weighted by Gasteiger charge is -2.37. The Morgan fingerprint density at radius 3 is 2.42 bits per heavy atom. The minimum absolute atomic E-state index is 0.0270. The third-order valence-electron chi connectivity index (χ3n) is 3.75. The molecule has 1 aromatic rings. The Bertz CT molecular complexity index is 576. The van der Waals surface area contributed by atoms with E-state index in [1.165, 1.54) is 12.1 Å². The predicted molar refractivity (Wildman–Crippen MR) is 78.0 cm³/mol. The van der Waals surface area contributed by atoms with Gasteiger partial charge in [0.2, 0.25) is 0 Å². The molecule has 0 saturated carbocycles. The lowest BCUT2D eigenvalue weighted by atomic mass is 9.99. The van der Waals surface area contributed by atoms with Crippen LogP contribution in [0.4, 0.5) is 0 Å². The average molecular weight is 344 g/mol. The number of phenolic OH excluding ortho intramolecular Hbond substituents is 2. The number of phenols is 2.